The van der Waals surface area contributed by atoms with Crippen molar-refractivity contribution < 1.29 is 14.4 Å². The lowest BCUT2D eigenvalue weighted by atomic mass is 10.0. The molecule has 1 aromatic rings. The number of rotatable bonds is 7. The van der Waals surface area contributed by atoms with Gasteiger partial charge >= 0.3 is 0 Å². The van der Waals surface area contributed by atoms with Crippen molar-refractivity contribution in [3.63, 3.8) is 0 Å². The first-order chi connectivity index (χ1) is 13.0. The minimum absolute atomic E-state index is 0.0224. The van der Waals surface area contributed by atoms with Crippen molar-refractivity contribution in [3.05, 3.63) is 22.4 Å². The number of piperazine rings is 1. The van der Waals surface area contributed by atoms with Crippen LogP contribution in [-0.2, 0) is 9.59 Å². The van der Waals surface area contributed by atoms with E-state index in [0.29, 0.717) is 30.8 Å². The van der Waals surface area contributed by atoms with Crippen LogP contribution in [0.25, 0.3) is 0 Å². The van der Waals surface area contributed by atoms with E-state index in [1.54, 1.807) is 6.07 Å². The van der Waals surface area contributed by atoms with Gasteiger partial charge in [0.2, 0.25) is 11.8 Å². The molecule has 2 saturated heterocycles. The predicted octanol–water partition coefficient (Wildman–Crippen LogP) is 1.07. The van der Waals surface area contributed by atoms with Crippen molar-refractivity contribution in [2.24, 2.45) is 0 Å². The Morgan fingerprint density at radius 3 is 2.81 bits per heavy atom. The summed E-state index contributed by atoms with van der Waals surface area (Å²) in [6.07, 6.45) is 1.82. The fourth-order valence-electron chi connectivity index (χ4n) is 4.04. The van der Waals surface area contributed by atoms with Crippen LogP contribution in [0.3, 0.4) is 0 Å². The van der Waals surface area contributed by atoms with Gasteiger partial charge in [0.25, 0.3) is 5.91 Å². The zero-order chi connectivity index (χ0) is 19.4. The molecule has 7 nitrogen and oxygen atoms in total. The molecule has 0 aromatic carbocycles. The van der Waals surface area contributed by atoms with Gasteiger partial charge in [-0.05, 0) is 38.1 Å². The third-order valence-electron chi connectivity index (χ3n) is 5.51. The minimum atomic E-state index is -0.221. The van der Waals surface area contributed by atoms with Crippen molar-refractivity contribution in [2.75, 3.05) is 26.2 Å². The molecular formula is C19H28N4O3S. The van der Waals surface area contributed by atoms with Gasteiger partial charge in [0.15, 0.2) is 0 Å². The molecule has 2 aliphatic heterocycles. The van der Waals surface area contributed by atoms with Gasteiger partial charge < -0.3 is 15.5 Å². The number of nitrogens with one attached hydrogen (secondary N) is 2. The van der Waals surface area contributed by atoms with Gasteiger partial charge in [0.05, 0.1) is 10.9 Å². The van der Waals surface area contributed by atoms with Gasteiger partial charge in [-0.25, -0.2) is 0 Å². The minimum Gasteiger partial charge on any atom is -0.353 e. The second kappa shape index (κ2) is 8.84. The lowest BCUT2D eigenvalue weighted by Gasteiger charge is -2.37. The van der Waals surface area contributed by atoms with Crippen molar-refractivity contribution in [3.8, 4) is 0 Å². The van der Waals surface area contributed by atoms with Crippen LogP contribution in [0, 0.1) is 0 Å². The fraction of sp³-hybridized carbons (Fsp3) is 0.632. The Balaban J connectivity index is 1.58. The summed E-state index contributed by atoms with van der Waals surface area (Å²) in [6.45, 7) is 6.63. The lowest BCUT2D eigenvalue weighted by molar-refractivity contribution is -0.132. The SMILES string of the molecule is CCN(CC)C(=O)CCC1CNC(=O)C2CC(NC(=O)c3cccs3)CN12. The number of carbonyl (C=O) groups is 3. The summed E-state index contributed by atoms with van der Waals surface area (Å²) in [7, 11) is 0. The third-order valence-corrected chi connectivity index (χ3v) is 6.38. The van der Waals surface area contributed by atoms with Gasteiger partial charge in [-0.2, -0.15) is 0 Å². The molecule has 0 radical (unpaired) electrons. The van der Waals surface area contributed by atoms with Gasteiger partial charge in [-0.1, -0.05) is 6.07 Å². The normalized spacial score (nSPS) is 25.0. The van der Waals surface area contributed by atoms with E-state index >= 15 is 0 Å². The maximum absolute atomic E-state index is 12.3. The van der Waals surface area contributed by atoms with Gasteiger partial charge in [-0.15, -0.1) is 11.3 Å². The molecule has 3 unspecified atom stereocenters. The van der Waals surface area contributed by atoms with Crippen LogP contribution in [0.2, 0.25) is 0 Å². The molecule has 8 heteroatoms. The molecule has 2 fully saturated rings. The molecule has 27 heavy (non-hydrogen) atoms. The summed E-state index contributed by atoms with van der Waals surface area (Å²) < 4.78 is 0. The maximum atomic E-state index is 12.3. The van der Waals surface area contributed by atoms with E-state index in [1.807, 2.05) is 30.2 Å². The second-order valence-electron chi connectivity index (χ2n) is 7.10. The standard InChI is InChI=1S/C19H28N4O3S/c1-3-22(4-2)17(24)8-7-14-11-20-18(25)15-10-13(12-23(14)15)21-19(26)16-6-5-9-27-16/h5-6,9,13-15H,3-4,7-8,10-12H2,1-2H3,(H,20,25)(H,21,26). The highest BCUT2D eigenvalue weighted by molar-refractivity contribution is 7.12. The molecule has 3 rings (SSSR count). The molecule has 0 saturated carbocycles. The summed E-state index contributed by atoms with van der Waals surface area (Å²) in [5.41, 5.74) is 0. The van der Waals surface area contributed by atoms with Crippen molar-refractivity contribution in [1.82, 2.24) is 20.4 Å². The Kier molecular flexibility index (Phi) is 6.49. The highest BCUT2D eigenvalue weighted by atomic mass is 32.1. The van der Waals surface area contributed by atoms with E-state index in [2.05, 4.69) is 15.5 Å². The third kappa shape index (κ3) is 4.50. The van der Waals surface area contributed by atoms with E-state index in [0.717, 1.165) is 19.5 Å². The predicted molar refractivity (Wildman–Crippen MR) is 105 cm³/mol. The van der Waals surface area contributed by atoms with Crippen LogP contribution < -0.4 is 10.6 Å². The first-order valence-corrected chi connectivity index (χ1v) is 10.6. The highest BCUT2D eigenvalue weighted by Gasteiger charge is 2.43. The van der Waals surface area contributed by atoms with Crippen LogP contribution in [0.15, 0.2) is 17.5 Å². The van der Waals surface area contributed by atoms with E-state index in [-0.39, 0.29) is 35.8 Å². The fourth-order valence-corrected chi connectivity index (χ4v) is 4.66. The zero-order valence-corrected chi connectivity index (χ0v) is 16.8. The van der Waals surface area contributed by atoms with Crippen LogP contribution >= 0.6 is 11.3 Å². The molecule has 148 valence electrons. The largest absolute Gasteiger partial charge is 0.353 e. The first kappa shape index (κ1) is 19.8. The summed E-state index contributed by atoms with van der Waals surface area (Å²) in [5, 5.41) is 7.90. The Labute approximate surface area is 164 Å². The van der Waals surface area contributed by atoms with Gasteiger partial charge in [0.1, 0.15) is 0 Å². The number of amides is 3. The van der Waals surface area contributed by atoms with E-state index < -0.39 is 0 Å². The molecule has 3 atom stereocenters. The van der Waals surface area contributed by atoms with Crippen molar-refractivity contribution in [1.29, 1.82) is 0 Å². The zero-order valence-electron chi connectivity index (χ0n) is 15.9. The molecule has 0 aliphatic carbocycles. The monoisotopic (exact) mass is 392 g/mol. The quantitative estimate of drug-likeness (QED) is 0.727. The summed E-state index contributed by atoms with van der Waals surface area (Å²) in [5.74, 6) is 0.105. The van der Waals surface area contributed by atoms with E-state index in [1.165, 1.54) is 11.3 Å². The van der Waals surface area contributed by atoms with Crippen LogP contribution in [0.5, 0.6) is 0 Å². The van der Waals surface area contributed by atoms with Crippen LogP contribution in [0.1, 0.15) is 42.8 Å². The number of nitrogens with zero attached hydrogens (tertiary/aromatic N) is 2. The molecule has 1 aromatic heterocycles. The van der Waals surface area contributed by atoms with Crippen LogP contribution in [-0.4, -0.2) is 71.8 Å². The van der Waals surface area contributed by atoms with Gasteiger partial charge in [-0.3, -0.25) is 19.3 Å². The topological polar surface area (TPSA) is 81.8 Å². The lowest BCUT2D eigenvalue weighted by Crippen LogP contribution is -2.58. The number of thiophene rings is 1. The molecule has 3 amide bonds. The molecule has 3 heterocycles. The Hall–Kier alpha value is -1.93. The summed E-state index contributed by atoms with van der Waals surface area (Å²) in [6, 6.07) is 3.52. The van der Waals surface area contributed by atoms with Gasteiger partial charge in [0, 0.05) is 44.7 Å². The Morgan fingerprint density at radius 1 is 1.37 bits per heavy atom. The first-order valence-electron chi connectivity index (χ1n) is 9.69. The summed E-state index contributed by atoms with van der Waals surface area (Å²) >= 11 is 1.41. The number of hydrogen-bond donors (Lipinski definition) is 2. The second-order valence-corrected chi connectivity index (χ2v) is 8.05. The van der Waals surface area contributed by atoms with Crippen LogP contribution in [0.4, 0.5) is 0 Å². The average Bonchev–Trinajstić information content (AvgIpc) is 3.32. The van der Waals surface area contributed by atoms with E-state index in [9.17, 15) is 14.4 Å². The number of hydrogen-bond acceptors (Lipinski definition) is 5. The number of carbonyl (C=O) groups excluding carboxylic acids is 3. The highest BCUT2D eigenvalue weighted by Crippen LogP contribution is 2.26. The molecule has 0 spiro atoms. The number of fused-ring (bicyclic) bond motifs is 1. The van der Waals surface area contributed by atoms with E-state index in [4.69, 9.17) is 0 Å². The summed E-state index contributed by atoms with van der Waals surface area (Å²) in [4.78, 5) is 41.6. The van der Waals surface area contributed by atoms with Crippen molar-refractivity contribution >= 4 is 29.1 Å². The smallest absolute Gasteiger partial charge is 0.261 e. The average molecular weight is 393 g/mol. The molecule has 0 bridgehead atoms. The molecule has 2 aliphatic rings. The Morgan fingerprint density at radius 2 is 2.15 bits per heavy atom. The Bertz CT molecular complexity index is 675. The van der Waals surface area contributed by atoms with Crippen molar-refractivity contribution in [2.45, 2.75) is 51.2 Å². The molecule has 2 N–H and O–H groups in total. The molecular weight excluding hydrogens is 364 g/mol. The maximum Gasteiger partial charge on any atom is 0.261 e.